The highest BCUT2D eigenvalue weighted by Crippen LogP contribution is 2.02. The van der Waals surface area contributed by atoms with E-state index >= 15 is 0 Å². The van der Waals surface area contributed by atoms with Crippen molar-refractivity contribution in [1.29, 1.82) is 0 Å². The van der Waals surface area contributed by atoms with E-state index in [2.05, 4.69) is 10.1 Å². The molecule has 1 heterocycles. The summed E-state index contributed by atoms with van der Waals surface area (Å²) in [6.07, 6.45) is 5.34. The third kappa shape index (κ3) is 3.43. The monoisotopic (exact) mass is 225 g/mol. The van der Waals surface area contributed by atoms with Gasteiger partial charge in [0.2, 0.25) is 0 Å². The molecule has 3 nitrogen and oxygen atoms in total. The van der Waals surface area contributed by atoms with E-state index in [-0.39, 0.29) is 0 Å². The molecule has 0 aromatic carbocycles. The van der Waals surface area contributed by atoms with Gasteiger partial charge < -0.3 is 0 Å². The molecular weight excluding hydrogens is 214 g/mol. The quantitative estimate of drug-likeness (QED) is 0.437. The lowest BCUT2D eigenvalue weighted by Crippen LogP contribution is -2.15. The molecule has 1 rings (SSSR count). The Bertz CT molecular complexity index is 324. The predicted octanol–water partition coefficient (Wildman–Crippen LogP) is 2.00. The lowest BCUT2D eigenvalue weighted by molar-refractivity contribution is 0.568. The average molecular weight is 225 g/mol. The van der Waals surface area contributed by atoms with Crippen molar-refractivity contribution in [3.63, 3.8) is 0 Å². The van der Waals surface area contributed by atoms with Gasteiger partial charge in [-0.25, -0.2) is 0 Å². The van der Waals surface area contributed by atoms with Gasteiger partial charge in [-0.3, -0.25) is 9.99 Å². The maximum Gasteiger partial charge on any atom is 0.156 e. The van der Waals surface area contributed by atoms with E-state index in [1.165, 1.54) is 11.8 Å². The van der Waals surface area contributed by atoms with E-state index in [4.69, 9.17) is 12.2 Å². The molecule has 0 saturated carbocycles. The lowest BCUT2D eigenvalue weighted by atomic mass is 10.4. The van der Waals surface area contributed by atoms with Gasteiger partial charge in [-0.15, -0.1) is 0 Å². The van der Waals surface area contributed by atoms with Gasteiger partial charge in [-0.05, 0) is 18.4 Å². The van der Waals surface area contributed by atoms with Crippen LogP contribution in [0.4, 0.5) is 0 Å². The van der Waals surface area contributed by atoms with Crippen LogP contribution in [0.25, 0.3) is 0 Å². The van der Waals surface area contributed by atoms with Crippen LogP contribution in [0.2, 0.25) is 0 Å². The number of hydrazone groups is 1. The molecule has 0 atom stereocenters. The standard InChI is InChI=1S/C9H11N3S2/c1-12(9(13)14-2)11-7-8-5-3-4-6-10-8/h3-7H,1-2H3/b11-7-. The Hall–Kier alpha value is -0.940. The number of hydrogen-bond acceptors (Lipinski definition) is 4. The summed E-state index contributed by atoms with van der Waals surface area (Å²) in [5, 5.41) is 5.80. The van der Waals surface area contributed by atoms with Crippen LogP contribution in [0.3, 0.4) is 0 Å². The van der Waals surface area contributed by atoms with Gasteiger partial charge in [-0.2, -0.15) is 5.10 Å². The first-order chi connectivity index (χ1) is 6.74. The SMILES string of the molecule is CSC(=S)N(C)/N=C\c1ccccn1. The number of rotatable bonds is 2. The first-order valence-electron chi connectivity index (χ1n) is 4.00. The van der Waals surface area contributed by atoms with Crippen LogP contribution in [0.5, 0.6) is 0 Å². The zero-order valence-electron chi connectivity index (χ0n) is 8.04. The predicted molar refractivity (Wildman–Crippen MR) is 65.7 cm³/mol. The summed E-state index contributed by atoms with van der Waals surface area (Å²) >= 11 is 6.54. The molecule has 1 aromatic rings. The van der Waals surface area contributed by atoms with Crippen LogP contribution in [0.15, 0.2) is 29.5 Å². The van der Waals surface area contributed by atoms with Crippen LogP contribution < -0.4 is 0 Å². The third-order valence-electron chi connectivity index (χ3n) is 1.49. The topological polar surface area (TPSA) is 28.5 Å². The van der Waals surface area contributed by atoms with E-state index < -0.39 is 0 Å². The van der Waals surface area contributed by atoms with Crippen molar-refractivity contribution in [2.75, 3.05) is 13.3 Å². The molecule has 1 aromatic heterocycles. The molecule has 0 saturated heterocycles. The summed E-state index contributed by atoms with van der Waals surface area (Å²) < 4.78 is 0.734. The fourth-order valence-electron chi connectivity index (χ4n) is 0.777. The van der Waals surface area contributed by atoms with Crippen molar-refractivity contribution < 1.29 is 0 Å². The fourth-order valence-corrected chi connectivity index (χ4v) is 1.14. The minimum atomic E-state index is 0.734. The molecule has 74 valence electrons. The van der Waals surface area contributed by atoms with Gasteiger partial charge in [0.1, 0.15) is 0 Å². The Labute approximate surface area is 93.2 Å². The Balaban J connectivity index is 2.60. The summed E-state index contributed by atoms with van der Waals surface area (Å²) in [5.41, 5.74) is 0.822. The number of thiocarbonyl (C=S) groups is 1. The van der Waals surface area contributed by atoms with Crippen LogP contribution in [-0.2, 0) is 0 Å². The number of nitrogens with zero attached hydrogens (tertiary/aromatic N) is 3. The highest BCUT2D eigenvalue weighted by atomic mass is 32.2. The molecule has 0 radical (unpaired) electrons. The minimum Gasteiger partial charge on any atom is -0.255 e. The van der Waals surface area contributed by atoms with Gasteiger partial charge in [0.05, 0.1) is 11.9 Å². The van der Waals surface area contributed by atoms with Crippen LogP contribution in [-0.4, -0.2) is 33.8 Å². The normalized spacial score (nSPS) is 10.4. The molecule has 0 aliphatic heterocycles. The van der Waals surface area contributed by atoms with Crippen molar-refractivity contribution in [1.82, 2.24) is 9.99 Å². The summed E-state index contributed by atoms with van der Waals surface area (Å²) in [5.74, 6) is 0. The van der Waals surface area contributed by atoms with Gasteiger partial charge in [0.25, 0.3) is 0 Å². The van der Waals surface area contributed by atoms with Crippen molar-refractivity contribution in [3.05, 3.63) is 30.1 Å². The second kappa shape index (κ2) is 5.72. The van der Waals surface area contributed by atoms with Crippen LogP contribution >= 0.6 is 24.0 Å². The third-order valence-corrected chi connectivity index (χ3v) is 2.87. The largest absolute Gasteiger partial charge is 0.255 e. The first kappa shape index (κ1) is 11.1. The highest BCUT2D eigenvalue weighted by Gasteiger charge is 1.97. The Kier molecular flexibility index (Phi) is 4.55. The van der Waals surface area contributed by atoms with E-state index in [0.717, 1.165) is 10.0 Å². The molecule has 0 aliphatic rings. The molecule has 0 bridgehead atoms. The lowest BCUT2D eigenvalue weighted by Gasteiger charge is -2.10. The molecule has 0 fully saturated rings. The maximum atomic E-state index is 5.05. The molecule has 0 spiro atoms. The molecule has 0 amide bonds. The Morgan fingerprint density at radius 3 is 3.00 bits per heavy atom. The van der Waals surface area contributed by atoms with Gasteiger partial charge in [0.15, 0.2) is 4.32 Å². The number of pyridine rings is 1. The minimum absolute atomic E-state index is 0.734. The van der Waals surface area contributed by atoms with Gasteiger partial charge in [-0.1, -0.05) is 30.0 Å². The molecule has 0 unspecified atom stereocenters. The van der Waals surface area contributed by atoms with Gasteiger partial charge in [0, 0.05) is 13.2 Å². The first-order valence-corrected chi connectivity index (χ1v) is 5.64. The van der Waals surface area contributed by atoms with Crippen molar-refractivity contribution in [3.8, 4) is 0 Å². The van der Waals surface area contributed by atoms with E-state index in [9.17, 15) is 0 Å². The molecule has 0 aliphatic carbocycles. The van der Waals surface area contributed by atoms with Crippen molar-refractivity contribution in [2.24, 2.45) is 5.10 Å². The summed E-state index contributed by atoms with van der Waals surface area (Å²) in [7, 11) is 1.82. The second-order valence-electron chi connectivity index (χ2n) is 2.49. The Morgan fingerprint density at radius 1 is 1.64 bits per heavy atom. The zero-order valence-corrected chi connectivity index (χ0v) is 9.68. The smallest absolute Gasteiger partial charge is 0.156 e. The second-order valence-corrected chi connectivity index (χ2v) is 3.93. The highest BCUT2D eigenvalue weighted by molar-refractivity contribution is 8.22. The molecule has 5 heteroatoms. The summed E-state index contributed by atoms with van der Waals surface area (Å²) in [6, 6.07) is 5.67. The van der Waals surface area contributed by atoms with Crippen LogP contribution in [0, 0.1) is 0 Å². The summed E-state index contributed by atoms with van der Waals surface area (Å²) in [4.78, 5) is 4.11. The van der Waals surface area contributed by atoms with E-state index in [1.54, 1.807) is 17.4 Å². The van der Waals surface area contributed by atoms with Crippen molar-refractivity contribution >= 4 is 34.5 Å². The zero-order chi connectivity index (χ0) is 10.4. The number of hydrogen-bond donors (Lipinski definition) is 0. The fraction of sp³-hybridized carbons (Fsp3) is 0.222. The summed E-state index contributed by atoms with van der Waals surface area (Å²) in [6.45, 7) is 0. The van der Waals surface area contributed by atoms with Gasteiger partial charge >= 0.3 is 0 Å². The van der Waals surface area contributed by atoms with E-state index in [1.807, 2.05) is 31.5 Å². The van der Waals surface area contributed by atoms with Crippen LogP contribution in [0.1, 0.15) is 5.69 Å². The molecular formula is C9H11N3S2. The number of thioether (sulfide) groups is 1. The average Bonchev–Trinajstić information content (AvgIpc) is 2.26. The molecule has 14 heavy (non-hydrogen) atoms. The number of aromatic nitrogens is 1. The van der Waals surface area contributed by atoms with E-state index in [0.29, 0.717) is 0 Å². The Morgan fingerprint density at radius 2 is 2.43 bits per heavy atom. The van der Waals surface area contributed by atoms with Crippen molar-refractivity contribution in [2.45, 2.75) is 0 Å². The molecule has 0 N–H and O–H groups in total. The maximum absolute atomic E-state index is 5.05.